The van der Waals surface area contributed by atoms with Gasteiger partial charge in [-0.3, -0.25) is 4.68 Å². The molecule has 21 heavy (non-hydrogen) atoms. The van der Waals surface area contributed by atoms with Crippen LogP contribution in [-0.2, 0) is 17.7 Å². The van der Waals surface area contributed by atoms with Crippen molar-refractivity contribution >= 4 is 0 Å². The molecule has 1 aromatic heterocycles. The Morgan fingerprint density at radius 1 is 1.43 bits per heavy atom. The van der Waals surface area contributed by atoms with Crippen LogP contribution in [0.2, 0.25) is 0 Å². The normalized spacial score (nSPS) is 27.7. The highest BCUT2D eigenvalue weighted by atomic mass is 16.5. The van der Waals surface area contributed by atoms with Crippen LogP contribution in [0.4, 0.5) is 0 Å². The van der Waals surface area contributed by atoms with Crippen molar-refractivity contribution in [3.63, 3.8) is 0 Å². The van der Waals surface area contributed by atoms with Crippen molar-refractivity contribution in [3.05, 3.63) is 12.2 Å². The standard InChI is InChI=1S/C16H30N4O/c1-5-20-15(18-12-19-20)11-14(17-4)16(21-6-2)9-7-13(3)8-10-16/h12-14,17H,5-11H2,1-4H3. The van der Waals surface area contributed by atoms with E-state index in [0.717, 1.165) is 44.2 Å². The third-order valence-electron chi connectivity index (χ3n) is 4.92. The summed E-state index contributed by atoms with van der Waals surface area (Å²) in [7, 11) is 2.04. The molecule has 0 saturated heterocycles. The van der Waals surface area contributed by atoms with Crippen LogP contribution in [-0.4, -0.2) is 40.1 Å². The molecule has 0 aliphatic heterocycles. The highest BCUT2D eigenvalue weighted by Crippen LogP contribution is 2.38. The Balaban J connectivity index is 2.16. The lowest BCUT2D eigenvalue weighted by Gasteiger charge is -2.44. The topological polar surface area (TPSA) is 52.0 Å². The number of rotatable bonds is 7. The molecule has 1 N–H and O–H groups in total. The minimum Gasteiger partial charge on any atom is -0.374 e. The molecule has 1 unspecified atom stereocenters. The van der Waals surface area contributed by atoms with Gasteiger partial charge in [-0.15, -0.1) is 0 Å². The van der Waals surface area contributed by atoms with Crippen molar-refractivity contribution < 1.29 is 4.74 Å². The van der Waals surface area contributed by atoms with E-state index >= 15 is 0 Å². The van der Waals surface area contributed by atoms with Gasteiger partial charge in [-0.1, -0.05) is 6.92 Å². The number of likely N-dealkylation sites (N-methyl/N-ethyl adjacent to an activating group) is 1. The van der Waals surface area contributed by atoms with Gasteiger partial charge in [0.05, 0.1) is 5.60 Å². The maximum absolute atomic E-state index is 6.27. The molecule has 1 aliphatic carbocycles. The van der Waals surface area contributed by atoms with E-state index in [0.29, 0.717) is 6.04 Å². The number of nitrogens with one attached hydrogen (secondary N) is 1. The van der Waals surface area contributed by atoms with Gasteiger partial charge in [-0.25, -0.2) is 4.98 Å². The number of aryl methyl sites for hydroxylation is 1. The third-order valence-corrected chi connectivity index (χ3v) is 4.92. The molecular formula is C16H30N4O. The zero-order valence-corrected chi connectivity index (χ0v) is 13.9. The van der Waals surface area contributed by atoms with Crippen molar-refractivity contribution in [1.29, 1.82) is 0 Å². The lowest BCUT2D eigenvalue weighted by atomic mass is 9.74. The summed E-state index contributed by atoms with van der Waals surface area (Å²) in [4.78, 5) is 4.43. The lowest BCUT2D eigenvalue weighted by Crippen LogP contribution is -2.54. The molecule has 1 fully saturated rings. The highest BCUT2D eigenvalue weighted by molar-refractivity contribution is 5.01. The predicted octanol–water partition coefficient (Wildman–Crippen LogP) is 2.41. The van der Waals surface area contributed by atoms with Gasteiger partial charge in [0.2, 0.25) is 0 Å². The molecule has 1 aromatic rings. The van der Waals surface area contributed by atoms with Gasteiger partial charge in [0, 0.05) is 25.6 Å². The molecule has 0 bridgehead atoms. The molecule has 1 atom stereocenters. The summed E-state index contributed by atoms with van der Waals surface area (Å²) in [6.07, 6.45) is 7.29. The zero-order valence-electron chi connectivity index (χ0n) is 13.9. The number of ether oxygens (including phenoxy) is 1. The highest BCUT2D eigenvalue weighted by Gasteiger charge is 2.41. The van der Waals surface area contributed by atoms with E-state index in [-0.39, 0.29) is 5.60 Å². The van der Waals surface area contributed by atoms with Crippen molar-refractivity contribution in [2.24, 2.45) is 5.92 Å². The van der Waals surface area contributed by atoms with Crippen LogP contribution in [0.5, 0.6) is 0 Å². The SMILES string of the molecule is CCOC1(C(Cc2ncnn2CC)NC)CCC(C)CC1. The van der Waals surface area contributed by atoms with Crippen LogP contribution in [0.1, 0.15) is 52.3 Å². The van der Waals surface area contributed by atoms with E-state index in [1.54, 1.807) is 6.33 Å². The molecule has 0 spiro atoms. The van der Waals surface area contributed by atoms with Crippen molar-refractivity contribution in [2.75, 3.05) is 13.7 Å². The summed E-state index contributed by atoms with van der Waals surface area (Å²) in [5, 5.41) is 7.78. The molecule has 0 radical (unpaired) electrons. The molecular weight excluding hydrogens is 264 g/mol. The largest absolute Gasteiger partial charge is 0.374 e. The zero-order chi connectivity index (χ0) is 15.3. The third kappa shape index (κ3) is 3.64. The molecule has 120 valence electrons. The van der Waals surface area contributed by atoms with E-state index in [1.165, 1.54) is 12.8 Å². The fourth-order valence-electron chi connectivity index (χ4n) is 3.58. The van der Waals surface area contributed by atoms with Gasteiger partial charge < -0.3 is 10.1 Å². The van der Waals surface area contributed by atoms with Crippen LogP contribution in [0.25, 0.3) is 0 Å². The van der Waals surface area contributed by atoms with E-state index in [9.17, 15) is 0 Å². The van der Waals surface area contributed by atoms with Gasteiger partial charge in [0.25, 0.3) is 0 Å². The van der Waals surface area contributed by atoms with Gasteiger partial charge in [-0.05, 0) is 52.5 Å². The fraction of sp³-hybridized carbons (Fsp3) is 0.875. The van der Waals surface area contributed by atoms with E-state index in [4.69, 9.17) is 4.74 Å². The Kier molecular flexibility index (Phi) is 5.76. The minimum absolute atomic E-state index is 0.0550. The van der Waals surface area contributed by atoms with Crippen molar-refractivity contribution in [1.82, 2.24) is 20.1 Å². The maximum Gasteiger partial charge on any atom is 0.138 e. The van der Waals surface area contributed by atoms with Crippen LogP contribution in [0.3, 0.4) is 0 Å². The van der Waals surface area contributed by atoms with Crippen molar-refractivity contribution in [2.45, 2.75) is 71.1 Å². The van der Waals surface area contributed by atoms with Gasteiger partial charge in [0.15, 0.2) is 0 Å². The summed E-state index contributed by atoms with van der Waals surface area (Å²) in [6.45, 7) is 8.18. The molecule has 1 aliphatic rings. The van der Waals surface area contributed by atoms with Crippen LogP contribution in [0.15, 0.2) is 6.33 Å². The summed E-state index contributed by atoms with van der Waals surface area (Å²) < 4.78 is 8.26. The Labute approximate surface area is 128 Å². The molecule has 5 nitrogen and oxygen atoms in total. The Morgan fingerprint density at radius 3 is 2.71 bits per heavy atom. The van der Waals surface area contributed by atoms with E-state index in [2.05, 4.69) is 36.2 Å². The Hall–Kier alpha value is -0.940. The number of aromatic nitrogens is 3. The lowest BCUT2D eigenvalue weighted by molar-refractivity contribution is -0.0952. The first-order chi connectivity index (χ1) is 10.1. The van der Waals surface area contributed by atoms with E-state index in [1.807, 2.05) is 11.7 Å². The summed E-state index contributed by atoms with van der Waals surface area (Å²) in [5.74, 6) is 1.87. The Morgan fingerprint density at radius 2 is 2.14 bits per heavy atom. The first-order valence-electron chi connectivity index (χ1n) is 8.33. The average molecular weight is 294 g/mol. The first-order valence-corrected chi connectivity index (χ1v) is 8.33. The predicted molar refractivity (Wildman–Crippen MR) is 84.2 cm³/mol. The molecule has 1 heterocycles. The van der Waals surface area contributed by atoms with Crippen LogP contribution < -0.4 is 5.32 Å². The maximum atomic E-state index is 6.27. The monoisotopic (exact) mass is 294 g/mol. The smallest absolute Gasteiger partial charge is 0.138 e. The fourth-order valence-corrected chi connectivity index (χ4v) is 3.58. The second-order valence-corrected chi connectivity index (χ2v) is 6.22. The Bertz CT molecular complexity index is 424. The summed E-state index contributed by atoms with van der Waals surface area (Å²) >= 11 is 0. The molecule has 2 rings (SSSR count). The number of nitrogens with zero attached hydrogens (tertiary/aromatic N) is 3. The minimum atomic E-state index is -0.0550. The molecule has 0 amide bonds. The van der Waals surface area contributed by atoms with Gasteiger partial charge in [0.1, 0.15) is 12.2 Å². The number of hydrogen-bond donors (Lipinski definition) is 1. The number of hydrogen-bond acceptors (Lipinski definition) is 4. The van der Waals surface area contributed by atoms with Crippen LogP contribution in [0, 0.1) is 5.92 Å². The second kappa shape index (κ2) is 7.36. The molecule has 0 aromatic carbocycles. The average Bonchev–Trinajstić information content (AvgIpc) is 2.95. The van der Waals surface area contributed by atoms with Crippen molar-refractivity contribution in [3.8, 4) is 0 Å². The molecule has 1 saturated carbocycles. The van der Waals surface area contributed by atoms with Gasteiger partial charge in [-0.2, -0.15) is 5.10 Å². The summed E-state index contributed by atoms with van der Waals surface area (Å²) in [5.41, 5.74) is -0.0550. The quantitative estimate of drug-likeness (QED) is 0.839. The first kappa shape index (κ1) is 16.4. The molecule has 5 heteroatoms. The summed E-state index contributed by atoms with van der Waals surface area (Å²) in [6, 6.07) is 0.291. The van der Waals surface area contributed by atoms with E-state index < -0.39 is 0 Å². The van der Waals surface area contributed by atoms with Crippen LogP contribution >= 0.6 is 0 Å². The van der Waals surface area contributed by atoms with Gasteiger partial charge >= 0.3 is 0 Å². The second-order valence-electron chi connectivity index (χ2n) is 6.22.